The molecule has 1 amide bonds. The number of amides is 1. The molecule has 0 fully saturated rings. The number of anilines is 1. The fraction of sp³-hybridized carbons (Fsp3) is 0.300. The van der Waals surface area contributed by atoms with Crippen LogP contribution in [0.1, 0.15) is 32.3 Å². The van der Waals surface area contributed by atoms with Crippen molar-refractivity contribution in [2.45, 2.75) is 33.6 Å². The summed E-state index contributed by atoms with van der Waals surface area (Å²) in [4.78, 5) is 20.2. The third-order valence-electron chi connectivity index (χ3n) is 4.32. The van der Waals surface area contributed by atoms with Crippen molar-refractivity contribution >= 4 is 22.6 Å². The van der Waals surface area contributed by atoms with Gasteiger partial charge >= 0.3 is 0 Å². The van der Waals surface area contributed by atoms with Crippen LogP contribution in [0.25, 0.3) is 22.4 Å². The molecule has 0 aliphatic rings. The van der Waals surface area contributed by atoms with Crippen molar-refractivity contribution in [3.05, 3.63) is 48.0 Å². The summed E-state index contributed by atoms with van der Waals surface area (Å²) in [7, 11) is 0. The van der Waals surface area contributed by atoms with E-state index in [4.69, 9.17) is 0 Å². The lowest BCUT2D eigenvalue weighted by atomic mass is 10.0. The van der Waals surface area contributed by atoms with Crippen molar-refractivity contribution in [1.29, 1.82) is 0 Å². The second-order valence-electron chi connectivity index (χ2n) is 6.31. The average molecular weight is 321 g/mol. The average Bonchev–Trinajstić information content (AvgIpc) is 3.01. The second kappa shape index (κ2) is 6.87. The van der Waals surface area contributed by atoms with Crippen LogP contribution in [0.4, 0.5) is 5.69 Å². The van der Waals surface area contributed by atoms with E-state index in [0.717, 1.165) is 46.5 Å². The summed E-state index contributed by atoms with van der Waals surface area (Å²) in [5, 5.41) is 3.03. The highest BCUT2D eigenvalue weighted by Crippen LogP contribution is 2.25. The highest BCUT2D eigenvalue weighted by Gasteiger charge is 2.13. The molecule has 2 N–H and O–H groups in total. The molecule has 2 aromatic carbocycles. The number of nitrogens with one attached hydrogen (secondary N) is 2. The first-order valence-corrected chi connectivity index (χ1v) is 8.45. The van der Waals surface area contributed by atoms with Crippen LogP contribution in [0, 0.1) is 12.8 Å². The van der Waals surface area contributed by atoms with Gasteiger partial charge in [-0.1, -0.05) is 32.4 Å². The van der Waals surface area contributed by atoms with Crippen molar-refractivity contribution < 1.29 is 4.79 Å². The molecule has 3 rings (SSSR count). The lowest BCUT2D eigenvalue weighted by Gasteiger charge is -2.13. The molecule has 24 heavy (non-hydrogen) atoms. The first kappa shape index (κ1) is 16.2. The molecule has 1 unspecified atom stereocenters. The van der Waals surface area contributed by atoms with Crippen LogP contribution in [0.2, 0.25) is 0 Å². The first-order chi connectivity index (χ1) is 11.6. The Morgan fingerprint density at radius 3 is 2.75 bits per heavy atom. The van der Waals surface area contributed by atoms with Gasteiger partial charge in [0.1, 0.15) is 5.82 Å². The van der Waals surface area contributed by atoms with E-state index in [1.807, 2.05) is 50.2 Å². The molecule has 124 valence electrons. The Morgan fingerprint density at radius 2 is 2.04 bits per heavy atom. The van der Waals surface area contributed by atoms with E-state index < -0.39 is 0 Å². The number of aryl methyl sites for hydroxylation is 1. The van der Waals surface area contributed by atoms with Crippen molar-refractivity contribution in [3.8, 4) is 11.4 Å². The van der Waals surface area contributed by atoms with Gasteiger partial charge in [-0.2, -0.15) is 0 Å². The molecule has 4 heteroatoms. The van der Waals surface area contributed by atoms with Gasteiger partial charge in [0, 0.05) is 17.2 Å². The predicted octanol–water partition coefficient (Wildman–Crippen LogP) is 4.91. The lowest BCUT2D eigenvalue weighted by Crippen LogP contribution is -2.20. The van der Waals surface area contributed by atoms with E-state index in [0.29, 0.717) is 0 Å². The molecular weight excluding hydrogens is 298 g/mol. The summed E-state index contributed by atoms with van der Waals surface area (Å²) in [5.74, 6) is 0.956. The zero-order valence-electron chi connectivity index (χ0n) is 14.4. The minimum atomic E-state index is 0.0319. The summed E-state index contributed by atoms with van der Waals surface area (Å²) in [6.45, 7) is 6.07. The Kier molecular flexibility index (Phi) is 4.65. The van der Waals surface area contributed by atoms with Crippen LogP contribution in [0.15, 0.2) is 42.5 Å². The van der Waals surface area contributed by atoms with Gasteiger partial charge in [0.15, 0.2) is 0 Å². The highest BCUT2D eigenvalue weighted by atomic mass is 16.1. The quantitative estimate of drug-likeness (QED) is 0.701. The van der Waals surface area contributed by atoms with Crippen molar-refractivity contribution in [2.24, 2.45) is 5.92 Å². The number of hydrogen-bond acceptors (Lipinski definition) is 2. The van der Waals surface area contributed by atoms with Crippen LogP contribution in [0.5, 0.6) is 0 Å². The van der Waals surface area contributed by atoms with E-state index >= 15 is 0 Å². The number of rotatable bonds is 5. The van der Waals surface area contributed by atoms with Gasteiger partial charge in [0.05, 0.1) is 11.0 Å². The smallest absolute Gasteiger partial charge is 0.227 e. The molecule has 0 spiro atoms. The molecule has 4 nitrogen and oxygen atoms in total. The van der Waals surface area contributed by atoms with Crippen LogP contribution >= 0.6 is 0 Å². The molecule has 3 aromatic rings. The predicted molar refractivity (Wildman–Crippen MR) is 99.0 cm³/mol. The molecule has 0 bridgehead atoms. The minimum absolute atomic E-state index is 0.0319. The van der Waals surface area contributed by atoms with Gasteiger partial charge in [0.2, 0.25) is 5.91 Å². The minimum Gasteiger partial charge on any atom is -0.338 e. The SMILES string of the molecule is CCCC(C)C(=O)Nc1ccc(-c2nc3ccccc3[nH]2)cc1C. The standard InChI is InChI=1S/C20H23N3O/c1-4-7-13(2)20(24)23-16-11-10-15(12-14(16)3)19-21-17-8-5-6-9-18(17)22-19/h5-6,8-13H,4,7H2,1-3H3,(H,21,22)(H,23,24). The Hall–Kier alpha value is -2.62. The summed E-state index contributed by atoms with van der Waals surface area (Å²) >= 11 is 0. The first-order valence-electron chi connectivity index (χ1n) is 8.45. The van der Waals surface area contributed by atoms with Crippen LogP contribution < -0.4 is 5.32 Å². The number of carbonyl (C=O) groups excluding carboxylic acids is 1. The molecule has 0 saturated heterocycles. The Balaban J connectivity index is 1.83. The number of benzene rings is 2. The van der Waals surface area contributed by atoms with Crippen LogP contribution in [-0.4, -0.2) is 15.9 Å². The topological polar surface area (TPSA) is 57.8 Å². The van der Waals surface area contributed by atoms with Gasteiger partial charge in [-0.3, -0.25) is 4.79 Å². The summed E-state index contributed by atoms with van der Waals surface area (Å²) in [5.41, 5.74) is 4.89. The number of para-hydroxylation sites is 2. The third-order valence-corrected chi connectivity index (χ3v) is 4.32. The van der Waals surface area contributed by atoms with Crippen molar-refractivity contribution in [1.82, 2.24) is 9.97 Å². The van der Waals surface area contributed by atoms with Gasteiger partial charge in [-0.15, -0.1) is 0 Å². The molecule has 1 heterocycles. The van der Waals surface area contributed by atoms with Gasteiger partial charge < -0.3 is 10.3 Å². The third kappa shape index (κ3) is 3.32. The van der Waals surface area contributed by atoms with Crippen LogP contribution in [-0.2, 0) is 4.79 Å². The van der Waals surface area contributed by atoms with E-state index in [1.165, 1.54) is 0 Å². The molecule has 1 atom stereocenters. The number of aromatic nitrogens is 2. The van der Waals surface area contributed by atoms with E-state index in [9.17, 15) is 4.79 Å². The highest BCUT2D eigenvalue weighted by molar-refractivity contribution is 5.93. The molecule has 0 aliphatic heterocycles. The molecular formula is C20H23N3O. The largest absolute Gasteiger partial charge is 0.338 e. The number of fused-ring (bicyclic) bond motifs is 1. The van der Waals surface area contributed by atoms with Crippen molar-refractivity contribution in [2.75, 3.05) is 5.32 Å². The normalized spacial score (nSPS) is 12.3. The van der Waals surface area contributed by atoms with Crippen LogP contribution in [0.3, 0.4) is 0 Å². The second-order valence-corrected chi connectivity index (χ2v) is 6.31. The number of carbonyl (C=O) groups is 1. The summed E-state index contributed by atoms with van der Waals surface area (Å²) in [6.07, 6.45) is 1.92. The fourth-order valence-corrected chi connectivity index (χ4v) is 2.86. The molecule has 1 aromatic heterocycles. The van der Waals surface area contributed by atoms with Crippen molar-refractivity contribution in [3.63, 3.8) is 0 Å². The van der Waals surface area contributed by atoms with Gasteiger partial charge in [-0.25, -0.2) is 4.98 Å². The van der Waals surface area contributed by atoms with Gasteiger partial charge in [0.25, 0.3) is 0 Å². The fourth-order valence-electron chi connectivity index (χ4n) is 2.86. The zero-order valence-corrected chi connectivity index (χ0v) is 14.4. The Labute approximate surface area is 142 Å². The maximum atomic E-state index is 12.2. The number of H-pyrrole nitrogens is 1. The maximum Gasteiger partial charge on any atom is 0.227 e. The molecule has 0 saturated carbocycles. The summed E-state index contributed by atoms with van der Waals surface area (Å²) < 4.78 is 0. The molecule has 0 radical (unpaired) electrons. The van der Waals surface area contributed by atoms with E-state index in [-0.39, 0.29) is 11.8 Å². The number of imidazole rings is 1. The number of aromatic amines is 1. The van der Waals surface area contributed by atoms with Gasteiger partial charge in [-0.05, 0) is 49.2 Å². The monoisotopic (exact) mass is 321 g/mol. The summed E-state index contributed by atoms with van der Waals surface area (Å²) in [6, 6.07) is 14.0. The zero-order chi connectivity index (χ0) is 17.1. The lowest BCUT2D eigenvalue weighted by molar-refractivity contribution is -0.119. The Morgan fingerprint density at radius 1 is 1.25 bits per heavy atom. The van der Waals surface area contributed by atoms with E-state index in [1.54, 1.807) is 0 Å². The Bertz CT molecular complexity index is 833. The number of nitrogens with zero attached hydrogens (tertiary/aromatic N) is 1. The maximum absolute atomic E-state index is 12.2. The number of hydrogen-bond donors (Lipinski definition) is 2. The molecule has 0 aliphatic carbocycles. The van der Waals surface area contributed by atoms with E-state index in [2.05, 4.69) is 28.3 Å².